The highest BCUT2D eigenvalue weighted by Crippen LogP contribution is 2.56. The number of methoxy groups -OCH3 is 1. The molecule has 0 unspecified atom stereocenters. The van der Waals surface area contributed by atoms with Crippen LogP contribution in [-0.2, 0) is 35.1 Å². The molecule has 8 atom stereocenters. The van der Waals surface area contributed by atoms with E-state index in [0.717, 1.165) is 24.8 Å². The number of carbonyl (C=O) groups is 1. The fourth-order valence-corrected chi connectivity index (χ4v) is 5.71. The van der Waals surface area contributed by atoms with Gasteiger partial charge < -0.3 is 28.8 Å². The average Bonchev–Trinajstić information content (AvgIpc) is 3.29. The molecule has 7 nitrogen and oxygen atoms in total. The van der Waals surface area contributed by atoms with Gasteiger partial charge in [-0.2, -0.15) is 0 Å². The monoisotopic (exact) mass is 418 g/mol. The van der Waals surface area contributed by atoms with E-state index in [1.807, 2.05) is 30.3 Å². The first-order chi connectivity index (χ1) is 14.6. The summed E-state index contributed by atoms with van der Waals surface area (Å²) in [5.74, 6) is -0.0774. The molecule has 4 heterocycles. The summed E-state index contributed by atoms with van der Waals surface area (Å²) in [6.07, 6.45) is 1.80. The summed E-state index contributed by atoms with van der Waals surface area (Å²) in [5.41, 5.74) is 0.489. The Morgan fingerprint density at radius 2 is 2.00 bits per heavy atom. The number of carbonyl (C=O) groups excluding carboxylic acids is 1. The third-order valence-corrected chi connectivity index (χ3v) is 7.19. The predicted octanol–water partition coefficient (Wildman–Crippen LogP) is 1.99. The Hall–Kier alpha value is -1.51. The number of fused-ring (bicyclic) bond motifs is 3. The van der Waals surface area contributed by atoms with E-state index in [0.29, 0.717) is 19.6 Å². The molecule has 5 rings (SSSR count). The van der Waals surface area contributed by atoms with Crippen LogP contribution in [0.3, 0.4) is 0 Å². The highest BCUT2D eigenvalue weighted by molar-refractivity contribution is 5.69. The lowest BCUT2D eigenvalue weighted by atomic mass is 9.70. The summed E-state index contributed by atoms with van der Waals surface area (Å²) in [6, 6.07) is 10.0. The van der Waals surface area contributed by atoms with Gasteiger partial charge >= 0.3 is 5.97 Å². The molecule has 164 valence electrons. The first kappa shape index (κ1) is 20.4. The fraction of sp³-hybridized carbons (Fsp3) is 0.696. The minimum atomic E-state index is -0.646. The van der Waals surface area contributed by atoms with Crippen molar-refractivity contribution in [3.05, 3.63) is 35.9 Å². The van der Waals surface area contributed by atoms with Crippen molar-refractivity contribution in [3.8, 4) is 0 Å². The number of aliphatic hydroxyl groups excluding tert-OH is 1. The van der Waals surface area contributed by atoms with Gasteiger partial charge in [-0.3, -0.25) is 4.79 Å². The van der Waals surface area contributed by atoms with E-state index < -0.39 is 11.7 Å². The quantitative estimate of drug-likeness (QED) is 0.536. The SMILES string of the molecule is COC(=O)C[C@H]1CC[C@@H]2O[C@@H]3[C@H]4O[C@](CCOCc5ccccc5)(C[C@H]4[C@H]2O1)[C@H]3O. The molecule has 1 aromatic carbocycles. The summed E-state index contributed by atoms with van der Waals surface area (Å²) < 4.78 is 29.6. The second-order valence-electron chi connectivity index (χ2n) is 8.97. The van der Waals surface area contributed by atoms with Crippen LogP contribution in [0.4, 0.5) is 0 Å². The number of ether oxygens (including phenoxy) is 5. The Kier molecular flexibility index (Phi) is 5.58. The Balaban J connectivity index is 1.21. The molecule has 7 heteroatoms. The molecule has 1 aromatic rings. The zero-order valence-electron chi connectivity index (χ0n) is 17.3. The fourth-order valence-electron chi connectivity index (χ4n) is 5.71. The molecule has 0 aliphatic carbocycles. The Bertz CT molecular complexity index is 755. The second-order valence-corrected chi connectivity index (χ2v) is 8.97. The maximum absolute atomic E-state index is 11.7. The van der Waals surface area contributed by atoms with Gasteiger partial charge in [-0.15, -0.1) is 0 Å². The molecule has 2 bridgehead atoms. The topological polar surface area (TPSA) is 83.5 Å². The maximum Gasteiger partial charge on any atom is 0.308 e. The minimum absolute atomic E-state index is 0.0474. The zero-order chi connectivity index (χ0) is 20.7. The summed E-state index contributed by atoms with van der Waals surface area (Å²) in [7, 11) is 1.40. The third-order valence-electron chi connectivity index (χ3n) is 7.19. The van der Waals surface area contributed by atoms with Crippen LogP contribution in [0.15, 0.2) is 30.3 Å². The molecule has 4 fully saturated rings. The van der Waals surface area contributed by atoms with Crippen molar-refractivity contribution in [2.75, 3.05) is 13.7 Å². The second kappa shape index (κ2) is 8.20. The van der Waals surface area contributed by atoms with Crippen LogP contribution < -0.4 is 0 Å². The molecule has 0 radical (unpaired) electrons. The van der Waals surface area contributed by atoms with Crippen LogP contribution in [0.25, 0.3) is 0 Å². The molecule has 0 spiro atoms. The number of hydrogen-bond acceptors (Lipinski definition) is 7. The normalized spacial score (nSPS) is 41.5. The zero-order valence-corrected chi connectivity index (χ0v) is 17.3. The van der Waals surface area contributed by atoms with Crippen molar-refractivity contribution in [3.63, 3.8) is 0 Å². The number of esters is 1. The van der Waals surface area contributed by atoms with Crippen molar-refractivity contribution in [1.29, 1.82) is 0 Å². The number of rotatable bonds is 7. The minimum Gasteiger partial charge on any atom is -0.469 e. The van der Waals surface area contributed by atoms with E-state index in [4.69, 9.17) is 23.7 Å². The predicted molar refractivity (Wildman–Crippen MR) is 106 cm³/mol. The first-order valence-electron chi connectivity index (χ1n) is 10.9. The number of aliphatic hydroxyl groups is 1. The lowest BCUT2D eigenvalue weighted by Gasteiger charge is -2.49. The molecule has 4 saturated heterocycles. The Morgan fingerprint density at radius 1 is 1.17 bits per heavy atom. The van der Waals surface area contributed by atoms with Crippen LogP contribution in [-0.4, -0.2) is 67.0 Å². The van der Waals surface area contributed by atoms with E-state index in [-0.39, 0.29) is 48.8 Å². The van der Waals surface area contributed by atoms with E-state index in [1.54, 1.807) is 0 Å². The van der Waals surface area contributed by atoms with Crippen LogP contribution in [0.2, 0.25) is 0 Å². The van der Waals surface area contributed by atoms with Gasteiger partial charge in [0.25, 0.3) is 0 Å². The highest BCUT2D eigenvalue weighted by atomic mass is 16.6. The van der Waals surface area contributed by atoms with Gasteiger partial charge in [0.05, 0.1) is 50.2 Å². The largest absolute Gasteiger partial charge is 0.469 e. The van der Waals surface area contributed by atoms with Gasteiger partial charge in [0.2, 0.25) is 0 Å². The molecule has 0 aromatic heterocycles. The van der Waals surface area contributed by atoms with Gasteiger partial charge in [-0.05, 0) is 24.8 Å². The summed E-state index contributed by atoms with van der Waals surface area (Å²) in [5, 5.41) is 11.0. The lowest BCUT2D eigenvalue weighted by Crippen LogP contribution is -2.62. The lowest BCUT2D eigenvalue weighted by molar-refractivity contribution is -0.241. The van der Waals surface area contributed by atoms with Crippen molar-refractivity contribution < 1.29 is 33.6 Å². The highest BCUT2D eigenvalue weighted by Gasteiger charge is 2.68. The van der Waals surface area contributed by atoms with Crippen molar-refractivity contribution in [2.45, 2.75) is 80.9 Å². The van der Waals surface area contributed by atoms with E-state index in [9.17, 15) is 9.90 Å². The van der Waals surface area contributed by atoms with Crippen LogP contribution in [0, 0.1) is 5.92 Å². The van der Waals surface area contributed by atoms with Crippen LogP contribution >= 0.6 is 0 Å². The van der Waals surface area contributed by atoms with Gasteiger partial charge in [0.15, 0.2) is 0 Å². The molecule has 1 N–H and O–H groups in total. The number of hydrogen-bond donors (Lipinski definition) is 1. The summed E-state index contributed by atoms with van der Waals surface area (Å²) in [6.45, 7) is 1.06. The van der Waals surface area contributed by atoms with Gasteiger partial charge in [-0.1, -0.05) is 30.3 Å². The van der Waals surface area contributed by atoms with Crippen molar-refractivity contribution in [1.82, 2.24) is 0 Å². The van der Waals surface area contributed by atoms with Crippen LogP contribution in [0.5, 0.6) is 0 Å². The average molecular weight is 418 g/mol. The van der Waals surface area contributed by atoms with E-state index >= 15 is 0 Å². The van der Waals surface area contributed by atoms with E-state index in [1.165, 1.54) is 7.11 Å². The third kappa shape index (κ3) is 3.56. The molecular formula is C23H30O7. The molecule has 0 amide bonds. The number of benzene rings is 1. The van der Waals surface area contributed by atoms with Gasteiger partial charge in [0.1, 0.15) is 12.2 Å². The van der Waals surface area contributed by atoms with Crippen LogP contribution in [0.1, 0.15) is 37.7 Å². The molecule has 4 aliphatic heterocycles. The maximum atomic E-state index is 11.7. The summed E-state index contributed by atoms with van der Waals surface area (Å²) in [4.78, 5) is 11.7. The van der Waals surface area contributed by atoms with Crippen molar-refractivity contribution >= 4 is 5.97 Å². The smallest absolute Gasteiger partial charge is 0.308 e. The summed E-state index contributed by atoms with van der Waals surface area (Å²) >= 11 is 0. The van der Waals surface area contributed by atoms with Crippen molar-refractivity contribution in [2.24, 2.45) is 5.92 Å². The molecule has 4 aliphatic rings. The first-order valence-corrected chi connectivity index (χ1v) is 10.9. The standard InChI is InChI=1S/C23H30O7/c1-26-18(24)11-15-7-8-17-19(28-15)16-12-23(22(25)21(29-17)20(16)30-23)9-10-27-13-14-5-3-2-4-6-14/h2-6,15-17,19-22,25H,7-13H2,1H3/t15-,16+,17+,19-,20+,21-,22+,23-/m1/s1. The Morgan fingerprint density at radius 3 is 2.80 bits per heavy atom. The van der Waals surface area contributed by atoms with Gasteiger partial charge in [0, 0.05) is 18.9 Å². The molecule has 30 heavy (non-hydrogen) atoms. The molecule has 0 saturated carbocycles. The van der Waals surface area contributed by atoms with E-state index in [2.05, 4.69) is 0 Å². The Labute approximate surface area is 176 Å². The van der Waals surface area contributed by atoms with Gasteiger partial charge in [-0.25, -0.2) is 0 Å². The molecular weight excluding hydrogens is 388 g/mol.